The second-order valence-corrected chi connectivity index (χ2v) is 8.05. The molecule has 0 aliphatic heterocycles. The van der Waals surface area contributed by atoms with E-state index >= 15 is 0 Å². The van der Waals surface area contributed by atoms with Crippen LogP contribution in [0.5, 0.6) is 0 Å². The number of ether oxygens (including phenoxy) is 1. The van der Waals surface area contributed by atoms with E-state index in [0.717, 1.165) is 0 Å². The van der Waals surface area contributed by atoms with Crippen molar-refractivity contribution in [2.24, 2.45) is 17.3 Å². The van der Waals surface area contributed by atoms with Crippen molar-refractivity contribution in [3.05, 3.63) is 39.6 Å². The number of rotatable bonds is 7. The molecule has 0 spiro atoms. The standard InChI is InChI=1S/C19H22Cl2F3NO2/c1-5-25(6-2)17-10(16(24)12(22)8-13(17)23)9-27-18(26)15-11(7-14(20)21)19(15,3)4/h7-8,11,15H,5-6,9H2,1-4H3/t11-,15+/m0/s1. The van der Waals surface area contributed by atoms with Crippen LogP contribution in [0.15, 0.2) is 16.6 Å². The van der Waals surface area contributed by atoms with Gasteiger partial charge in [0.25, 0.3) is 0 Å². The number of carbonyl (C=O) groups is 1. The summed E-state index contributed by atoms with van der Waals surface area (Å²) in [5.41, 5.74) is -0.827. The van der Waals surface area contributed by atoms with E-state index in [2.05, 4.69) is 0 Å². The predicted octanol–water partition coefficient (Wildman–Crippen LogP) is 5.58. The highest BCUT2D eigenvalue weighted by molar-refractivity contribution is 6.55. The molecule has 1 saturated carbocycles. The van der Waals surface area contributed by atoms with Crippen LogP contribution in [0.1, 0.15) is 33.3 Å². The van der Waals surface area contributed by atoms with Crippen LogP contribution in [0.3, 0.4) is 0 Å². The van der Waals surface area contributed by atoms with Gasteiger partial charge in [-0.3, -0.25) is 4.79 Å². The summed E-state index contributed by atoms with van der Waals surface area (Å²) in [6.45, 7) is 7.43. The molecule has 3 nitrogen and oxygen atoms in total. The SMILES string of the molecule is CCN(CC)c1c(F)cc(F)c(F)c1COC(=O)[C@H]1[C@H](C=C(Cl)Cl)C1(C)C. The van der Waals surface area contributed by atoms with Gasteiger partial charge >= 0.3 is 5.97 Å². The highest BCUT2D eigenvalue weighted by atomic mass is 35.5. The van der Waals surface area contributed by atoms with E-state index < -0.39 is 41.4 Å². The fraction of sp³-hybridized carbons (Fsp3) is 0.526. The molecular formula is C19H22Cl2F3NO2. The number of anilines is 1. The third-order valence-electron chi connectivity index (χ3n) is 5.15. The number of nitrogens with zero attached hydrogens (tertiary/aromatic N) is 1. The van der Waals surface area contributed by atoms with Gasteiger partial charge in [-0.25, -0.2) is 13.2 Å². The van der Waals surface area contributed by atoms with E-state index in [-0.39, 0.29) is 21.7 Å². The van der Waals surface area contributed by atoms with Gasteiger partial charge < -0.3 is 9.64 Å². The van der Waals surface area contributed by atoms with Gasteiger partial charge in [-0.15, -0.1) is 0 Å². The number of hydrogen-bond donors (Lipinski definition) is 0. The van der Waals surface area contributed by atoms with Crippen molar-refractivity contribution in [1.29, 1.82) is 0 Å². The summed E-state index contributed by atoms with van der Waals surface area (Å²) in [4.78, 5) is 14.0. The van der Waals surface area contributed by atoms with E-state index in [4.69, 9.17) is 27.9 Å². The van der Waals surface area contributed by atoms with Crippen molar-refractivity contribution in [1.82, 2.24) is 0 Å². The van der Waals surface area contributed by atoms with Crippen LogP contribution < -0.4 is 4.90 Å². The number of hydrogen-bond acceptors (Lipinski definition) is 3. The Labute approximate surface area is 167 Å². The van der Waals surface area contributed by atoms with Crippen molar-refractivity contribution in [3.63, 3.8) is 0 Å². The second-order valence-electron chi connectivity index (χ2n) is 7.04. The van der Waals surface area contributed by atoms with Gasteiger partial charge in [0, 0.05) is 19.2 Å². The quantitative estimate of drug-likeness (QED) is 0.423. The Morgan fingerprint density at radius 3 is 2.33 bits per heavy atom. The van der Waals surface area contributed by atoms with Gasteiger partial charge in [0.2, 0.25) is 0 Å². The summed E-state index contributed by atoms with van der Waals surface area (Å²) < 4.78 is 47.6. The first-order chi connectivity index (χ1) is 12.6. The van der Waals surface area contributed by atoms with Crippen molar-refractivity contribution >= 4 is 34.9 Å². The number of carbonyl (C=O) groups excluding carboxylic acids is 1. The molecule has 1 aliphatic carbocycles. The van der Waals surface area contributed by atoms with E-state index in [1.165, 1.54) is 0 Å². The topological polar surface area (TPSA) is 29.5 Å². The molecule has 0 amide bonds. The van der Waals surface area contributed by atoms with Gasteiger partial charge in [-0.1, -0.05) is 37.0 Å². The third kappa shape index (κ3) is 4.37. The van der Waals surface area contributed by atoms with Crippen LogP contribution in [0.2, 0.25) is 0 Å². The molecule has 8 heteroatoms. The number of esters is 1. The van der Waals surface area contributed by atoms with Crippen LogP contribution in [0.4, 0.5) is 18.9 Å². The van der Waals surface area contributed by atoms with Crippen molar-refractivity contribution in [3.8, 4) is 0 Å². The Morgan fingerprint density at radius 2 is 1.81 bits per heavy atom. The summed E-state index contributed by atoms with van der Waals surface area (Å²) in [5, 5.41) is 0. The highest BCUT2D eigenvalue weighted by Gasteiger charge is 2.61. The third-order valence-corrected chi connectivity index (χ3v) is 5.40. The lowest BCUT2D eigenvalue weighted by Gasteiger charge is -2.25. The molecule has 27 heavy (non-hydrogen) atoms. The summed E-state index contributed by atoms with van der Waals surface area (Å²) in [6.07, 6.45) is 1.55. The summed E-state index contributed by atoms with van der Waals surface area (Å²) in [5.74, 6) is -4.76. The maximum Gasteiger partial charge on any atom is 0.310 e. The minimum Gasteiger partial charge on any atom is -0.460 e. The predicted molar refractivity (Wildman–Crippen MR) is 100 cm³/mol. The Kier molecular flexibility index (Phi) is 6.74. The maximum absolute atomic E-state index is 14.3. The zero-order valence-electron chi connectivity index (χ0n) is 15.6. The normalized spacial score (nSPS) is 20.2. The van der Waals surface area contributed by atoms with E-state index in [1.54, 1.807) is 24.8 Å². The molecule has 0 saturated heterocycles. The first kappa shape index (κ1) is 21.9. The molecule has 0 N–H and O–H groups in total. The molecule has 1 aliphatic rings. The fourth-order valence-electron chi connectivity index (χ4n) is 3.46. The molecule has 0 unspecified atom stereocenters. The van der Waals surface area contributed by atoms with Gasteiger partial charge in [0.1, 0.15) is 16.9 Å². The molecule has 2 atom stereocenters. The Morgan fingerprint density at radius 1 is 1.22 bits per heavy atom. The largest absolute Gasteiger partial charge is 0.460 e. The summed E-state index contributed by atoms with van der Waals surface area (Å²) >= 11 is 11.3. The zero-order chi connectivity index (χ0) is 20.5. The highest BCUT2D eigenvalue weighted by Crippen LogP contribution is 2.60. The fourth-order valence-corrected chi connectivity index (χ4v) is 3.73. The van der Waals surface area contributed by atoms with Crippen LogP contribution in [-0.4, -0.2) is 19.1 Å². The molecule has 2 rings (SSSR count). The minimum absolute atomic E-state index is 0.0467. The van der Waals surface area contributed by atoms with Crippen LogP contribution >= 0.6 is 23.2 Å². The average Bonchev–Trinajstić information content (AvgIpc) is 3.11. The zero-order valence-corrected chi connectivity index (χ0v) is 17.1. The van der Waals surface area contributed by atoms with Gasteiger partial charge in [-0.2, -0.15) is 0 Å². The summed E-state index contributed by atoms with van der Waals surface area (Å²) in [6, 6.07) is 0.502. The molecule has 0 bridgehead atoms. The number of halogens is 5. The van der Waals surface area contributed by atoms with Gasteiger partial charge in [-0.05, 0) is 31.3 Å². The number of allylic oxidation sites excluding steroid dienone is 1. The Balaban J connectivity index is 2.25. The maximum atomic E-state index is 14.3. The molecule has 0 radical (unpaired) electrons. The number of benzene rings is 1. The summed E-state index contributed by atoms with van der Waals surface area (Å²) in [7, 11) is 0. The van der Waals surface area contributed by atoms with Gasteiger partial charge in [0.05, 0.1) is 17.2 Å². The van der Waals surface area contributed by atoms with Crippen LogP contribution in [0.25, 0.3) is 0 Å². The molecule has 0 heterocycles. The van der Waals surface area contributed by atoms with Crippen LogP contribution in [0, 0.1) is 34.7 Å². The first-order valence-electron chi connectivity index (χ1n) is 8.66. The monoisotopic (exact) mass is 423 g/mol. The average molecular weight is 424 g/mol. The molecule has 1 aromatic rings. The molecule has 1 fully saturated rings. The van der Waals surface area contributed by atoms with E-state index in [9.17, 15) is 18.0 Å². The molecule has 0 aromatic heterocycles. The molecular weight excluding hydrogens is 402 g/mol. The Bertz CT molecular complexity index is 760. The lowest BCUT2D eigenvalue weighted by Crippen LogP contribution is -2.26. The lowest BCUT2D eigenvalue weighted by atomic mass is 10.1. The first-order valence-corrected chi connectivity index (χ1v) is 9.42. The lowest BCUT2D eigenvalue weighted by molar-refractivity contribution is -0.147. The van der Waals surface area contributed by atoms with Crippen molar-refractivity contribution in [2.45, 2.75) is 34.3 Å². The smallest absolute Gasteiger partial charge is 0.310 e. The molecule has 1 aromatic carbocycles. The van der Waals surface area contributed by atoms with Gasteiger partial charge in [0.15, 0.2) is 11.6 Å². The van der Waals surface area contributed by atoms with Crippen molar-refractivity contribution < 1.29 is 22.7 Å². The second kappa shape index (κ2) is 8.31. The molecule has 150 valence electrons. The minimum atomic E-state index is -1.32. The van der Waals surface area contributed by atoms with Crippen molar-refractivity contribution in [2.75, 3.05) is 18.0 Å². The van der Waals surface area contributed by atoms with E-state index in [0.29, 0.717) is 19.2 Å². The Hall–Kier alpha value is -1.40. The van der Waals surface area contributed by atoms with E-state index in [1.807, 2.05) is 13.8 Å². The van der Waals surface area contributed by atoms with Crippen LogP contribution in [-0.2, 0) is 16.1 Å².